The third-order valence-corrected chi connectivity index (χ3v) is 7.36. The van der Waals surface area contributed by atoms with E-state index in [1.54, 1.807) is 24.3 Å². The molecule has 1 saturated heterocycles. The van der Waals surface area contributed by atoms with Gasteiger partial charge in [-0.2, -0.15) is 4.31 Å². The molecule has 2 aromatic carbocycles. The van der Waals surface area contributed by atoms with Crippen LogP contribution in [0.3, 0.4) is 0 Å². The number of amides is 1. The van der Waals surface area contributed by atoms with E-state index >= 15 is 0 Å². The molecule has 0 bridgehead atoms. The van der Waals surface area contributed by atoms with Gasteiger partial charge in [-0.3, -0.25) is 4.79 Å². The Hall–Kier alpha value is -3.14. The zero-order chi connectivity index (χ0) is 24.0. The Labute approximate surface area is 199 Å². The van der Waals surface area contributed by atoms with Gasteiger partial charge in [-0.1, -0.05) is 25.5 Å². The lowest BCUT2D eigenvalue weighted by Gasteiger charge is -2.26. The van der Waals surface area contributed by atoms with Crippen molar-refractivity contribution in [3.63, 3.8) is 0 Å². The number of benzene rings is 2. The maximum Gasteiger partial charge on any atom is 0.291 e. The molecule has 1 aromatic heterocycles. The van der Waals surface area contributed by atoms with E-state index in [1.807, 2.05) is 24.3 Å². The first-order valence-corrected chi connectivity index (χ1v) is 12.7. The van der Waals surface area contributed by atoms with Crippen LogP contribution in [-0.2, 0) is 27.8 Å². The van der Waals surface area contributed by atoms with Crippen LogP contribution in [-0.4, -0.2) is 44.9 Å². The van der Waals surface area contributed by atoms with Crippen LogP contribution in [0.1, 0.15) is 35.2 Å². The van der Waals surface area contributed by atoms with Crippen molar-refractivity contribution in [3.8, 4) is 5.75 Å². The minimum atomic E-state index is -3.58. The number of aryl methyl sites for hydroxylation is 1. The molecule has 0 spiro atoms. The van der Waals surface area contributed by atoms with Gasteiger partial charge in [-0.25, -0.2) is 8.42 Å². The first-order chi connectivity index (χ1) is 16.5. The van der Waals surface area contributed by atoms with Crippen molar-refractivity contribution in [1.82, 2.24) is 4.31 Å². The molecule has 0 unspecified atom stereocenters. The fourth-order valence-electron chi connectivity index (χ4n) is 3.61. The number of nitrogens with zero attached hydrogens (tertiary/aromatic N) is 1. The van der Waals surface area contributed by atoms with Crippen LogP contribution in [0.4, 0.5) is 5.69 Å². The monoisotopic (exact) mass is 484 g/mol. The van der Waals surface area contributed by atoms with Gasteiger partial charge in [0.2, 0.25) is 10.0 Å². The molecule has 8 nitrogen and oxygen atoms in total. The molecule has 180 valence electrons. The van der Waals surface area contributed by atoms with Gasteiger partial charge in [0.05, 0.1) is 18.1 Å². The van der Waals surface area contributed by atoms with E-state index < -0.39 is 15.9 Å². The molecule has 2 heterocycles. The first kappa shape index (κ1) is 24.0. The molecule has 1 aliphatic heterocycles. The molecule has 0 saturated carbocycles. The fraction of sp³-hybridized carbons (Fsp3) is 0.320. The molecule has 1 fully saturated rings. The smallest absolute Gasteiger partial charge is 0.291 e. The summed E-state index contributed by atoms with van der Waals surface area (Å²) in [5.41, 5.74) is 1.73. The van der Waals surface area contributed by atoms with Crippen LogP contribution in [0.5, 0.6) is 5.75 Å². The summed E-state index contributed by atoms with van der Waals surface area (Å²) in [5.74, 6) is 0.963. The Morgan fingerprint density at radius 1 is 1.00 bits per heavy atom. The highest BCUT2D eigenvalue weighted by Gasteiger charge is 2.26. The topological polar surface area (TPSA) is 98.1 Å². The predicted molar refractivity (Wildman–Crippen MR) is 127 cm³/mol. The maximum absolute atomic E-state index is 12.7. The Morgan fingerprint density at radius 2 is 1.71 bits per heavy atom. The highest BCUT2D eigenvalue weighted by molar-refractivity contribution is 7.89. The number of rotatable bonds is 9. The summed E-state index contributed by atoms with van der Waals surface area (Å²) >= 11 is 0. The second kappa shape index (κ2) is 10.9. The molecule has 9 heteroatoms. The minimum Gasteiger partial charge on any atom is -0.486 e. The summed E-state index contributed by atoms with van der Waals surface area (Å²) in [6.07, 6.45) is 2.12. The molecule has 0 atom stereocenters. The van der Waals surface area contributed by atoms with Crippen molar-refractivity contribution >= 4 is 21.6 Å². The number of carbonyl (C=O) groups is 1. The van der Waals surface area contributed by atoms with Gasteiger partial charge in [-0.05, 0) is 60.5 Å². The van der Waals surface area contributed by atoms with E-state index in [0.717, 1.165) is 18.6 Å². The third-order valence-electron chi connectivity index (χ3n) is 5.45. The number of nitrogens with one attached hydrogen (secondary N) is 1. The standard InChI is InChI=1S/C25H28N2O6S/c1-2-3-19-4-8-21(9-5-19)32-18-22-10-13-24(33-22)25(28)26-20-6-11-23(12-7-20)34(29,30)27-14-16-31-17-15-27/h4-13H,2-3,14-18H2,1H3,(H,26,28). The summed E-state index contributed by atoms with van der Waals surface area (Å²) in [6, 6.07) is 17.3. The molecular formula is C25H28N2O6S. The summed E-state index contributed by atoms with van der Waals surface area (Å²) in [5, 5.41) is 2.72. The Kier molecular flexibility index (Phi) is 7.66. The van der Waals surface area contributed by atoms with Gasteiger partial charge in [0.1, 0.15) is 18.1 Å². The van der Waals surface area contributed by atoms with Gasteiger partial charge in [0, 0.05) is 18.8 Å². The second-order valence-electron chi connectivity index (χ2n) is 7.94. The van der Waals surface area contributed by atoms with Gasteiger partial charge in [0.15, 0.2) is 5.76 Å². The zero-order valence-corrected chi connectivity index (χ0v) is 19.8. The van der Waals surface area contributed by atoms with E-state index in [0.29, 0.717) is 37.8 Å². The number of anilines is 1. The lowest BCUT2D eigenvalue weighted by molar-refractivity contribution is 0.0730. The zero-order valence-electron chi connectivity index (χ0n) is 19.0. The molecule has 1 amide bonds. The van der Waals surface area contributed by atoms with E-state index in [1.165, 1.54) is 22.0 Å². The number of sulfonamides is 1. The quantitative estimate of drug-likeness (QED) is 0.491. The van der Waals surface area contributed by atoms with Gasteiger partial charge in [0.25, 0.3) is 5.91 Å². The van der Waals surface area contributed by atoms with E-state index in [4.69, 9.17) is 13.9 Å². The molecule has 3 aromatic rings. The SMILES string of the molecule is CCCc1ccc(OCc2ccc(C(=O)Nc3ccc(S(=O)(=O)N4CCOCC4)cc3)o2)cc1. The molecule has 4 rings (SSSR count). The average molecular weight is 485 g/mol. The second-order valence-corrected chi connectivity index (χ2v) is 9.88. The van der Waals surface area contributed by atoms with Crippen LogP contribution >= 0.6 is 0 Å². The molecule has 1 aliphatic rings. The molecule has 0 aliphatic carbocycles. The predicted octanol–water partition coefficient (Wildman–Crippen LogP) is 4.08. The van der Waals surface area contributed by atoms with Crippen LogP contribution in [0.15, 0.2) is 70.0 Å². The van der Waals surface area contributed by atoms with Crippen molar-refractivity contribution in [1.29, 1.82) is 0 Å². The highest BCUT2D eigenvalue weighted by atomic mass is 32.2. The van der Waals surface area contributed by atoms with E-state index in [2.05, 4.69) is 12.2 Å². The van der Waals surface area contributed by atoms with Gasteiger partial charge >= 0.3 is 0 Å². The summed E-state index contributed by atoms with van der Waals surface area (Å²) in [4.78, 5) is 12.7. The normalized spacial score (nSPS) is 14.6. The van der Waals surface area contributed by atoms with Crippen molar-refractivity contribution in [3.05, 3.63) is 77.7 Å². The Balaban J connectivity index is 1.32. The molecule has 34 heavy (non-hydrogen) atoms. The average Bonchev–Trinajstić information content (AvgIpc) is 3.34. The molecular weight excluding hydrogens is 456 g/mol. The lowest BCUT2D eigenvalue weighted by Crippen LogP contribution is -2.40. The molecule has 0 radical (unpaired) electrons. The molecule has 1 N–H and O–H groups in total. The number of carbonyl (C=O) groups excluding carboxylic acids is 1. The Morgan fingerprint density at radius 3 is 2.38 bits per heavy atom. The third kappa shape index (κ3) is 5.85. The van der Waals surface area contributed by atoms with Gasteiger partial charge in [-0.15, -0.1) is 0 Å². The van der Waals surface area contributed by atoms with Crippen LogP contribution < -0.4 is 10.1 Å². The van der Waals surface area contributed by atoms with Gasteiger partial charge < -0.3 is 19.2 Å². The fourth-order valence-corrected chi connectivity index (χ4v) is 5.02. The largest absolute Gasteiger partial charge is 0.486 e. The minimum absolute atomic E-state index is 0.141. The van der Waals surface area contributed by atoms with Crippen LogP contribution in [0.2, 0.25) is 0 Å². The van der Waals surface area contributed by atoms with Crippen molar-refractivity contribution in [2.45, 2.75) is 31.3 Å². The van der Waals surface area contributed by atoms with Crippen LogP contribution in [0, 0.1) is 0 Å². The number of furan rings is 1. The number of hydrogen-bond donors (Lipinski definition) is 1. The van der Waals surface area contributed by atoms with E-state index in [9.17, 15) is 13.2 Å². The number of morpholine rings is 1. The maximum atomic E-state index is 12.7. The van der Waals surface area contributed by atoms with Crippen molar-refractivity contribution < 1.29 is 27.1 Å². The highest BCUT2D eigenvalue weighted by Crippen LogP contribution is 2.21. The summed E-state index contributed by atoms with van der Waals surface area (Å²) < 4.78 is 43.4. The van der Waals surface area contributed by atoms with Crippen LogP contribution in [0.25, 0.3) is 0 Å². The number of ether oxygens (including phenoxy) is 2. The first-order valence-electron chi connectivity index (χ1n) is 11.3. The van der Waals surface area contributed by atoms with Crippen molar-refractivity contribution in [2.24, 2.45) is 0 Å². The summed E-state index contributed by atoms with van der Waals surface area (Å²) in [7, 11) is -3.58. The number of hydrogen-bond acceptors (Lipinski definition) is 6. The van der Waals surface area contributed by atoms with E-state index in [-0.39, 0.29) is 17.3 Å². The summed E-state index contributed by atoms with van der Waals surface area (Å²) in [6.45, 7) is 3.77. The van der Waals surface area contributed by atoms with Crippen molar-refractivity contribution in [2.75, 3.05) is 31.6 Å². The lowest BCUT2D eigenvalue weighted by atomic mass is 10.1. The Bertz CT molecular complexity index is 1200.